The first-order valence-corrected chi connectivity index (χ1v) is 7.18. The number of rotatable bonds is 5. The molecule has 0 aliphatic carbocycles. The second kappa shape index (κ2) is 6.06. The fraction of sp³-hybridized carbons (Fsp3) is 0.353. The van der Waals surface area contributed by atoms with Gasteiger partial charge in [0.25, 0.3) is 0 Å². The Balaban J connectivity index is 1.43. The fourth-order valence-corrected chi connectivity index (χ4v) is 2.59. The van der Waals surface area contributed by atoms with E-state index in [1.54, 1.807) is 0 Å². The zero-order valence-corrected chi connectivity index (χ0v) is 11.8. The minimum Gasteiger partial charge on any atom is -0.488 e. The van der Waals surface area contributed by atoms with Crippen LogP contribution in [0.1, 0.15) is 16.8 Å². The van der Waals surface area contributed by atoms with Crippen LogP contribution in [0.2, 0.25) is 0 Å². The molecule has 1 unspecified atom stereocenters. The van der Waals surface area contributed by atoms with Gasteiger partial charge in [0.15, 0.2) is 0 Å². The molecular formula is C17H20N2O. The van der Waals surface area contributed by atoms with Crippen LogP contribution in [0.15, 0.2) is 42.6 Å². The van der Waals surface area contributed by atoms with E-state index in [1.165, 1.54) is 11.1 Å². The van der Waals surface area contributed by atoms with Gasteiger partial charge >= 0.3 is 0 Å². The van der Waals surface area contributed by atoms with Crippen molar-refractivity contribution >= 4 is 0 Å². The van der Waals surface area contributed by atoms with Crippen molar-refractivity contribution in [1.82, 2.24) is 10.3 Å². The van der Waals surface area contributed by atoms with Crippen LogP contribution in [-0.4, -0.2) is 24.2 Å². The molecule has 104 valence electrons. The second-order valence-electron chi connectivity index (χ2n) is 5.33. The van der Waals surface area contributed by atoms with Crippen LogP contribution in [0.3, 0.4) is 0 Å². The number of pyridine rings is 1. The average Bonchev–Trinajstić information content (AvgIpc) is 2.86. The average molecular weight is 268 g/mol. The molecule has 3 nitrogen and oxygen atoms in total. The van der Waals surface area contributed by atoms with Gasteiger partial charge in [-0.2, -0.15) is 0 Å². The number of nitrogens with one attached hydrogen (secondary N) is 1. The van der Waals surface area contributed by atoms with Crippen LogP contribution in [0.25, 0.3) is 0 Å². The SMILES string of the molecule is Cc1ccc2c(c1)CC(CNCCc1ccccn1)O2. The van der Waals surface area contributed by atoms with Gasteiger partial charge in [-0.05, 0) is 30.7 Å². The summed E-state index contributed by atoms with van der Waals surface area (Å²) in [5.41, 5.74) is 3.77. The Hall–Kier alpha value is -1.87. The normalized spacial score (nSPS) is 16.8. The molecule has 1 aromatic heterocycles. The van der Waals surface area contributed by atoms with E-state index in [0.717, 1.165) is 37.4 Å². The first-order chi connectivity index (χ1) is 9.81. The Morgan fingerprint density at radius 3 is 3.10 bits per heavy atom. The van der Waals surface area contributed by atoms with Gasteiger partial charge in [0.05, 0.1) is 0 Å². The van der Waals surface area contributed by atoms with E-state index in [4.69, 9.17) is 4.74 Å². The lowest BCUT2D eigenvalue weighted by molar-refractivity contribution is 0.228. The van der Waals surface area contributed by atoms with Gasteiger partial charge in [-0.1, -0.05) is 23.8 Å². The molecule has 2 heterocycles. The molecule has 0 saturated carbocycles. The van der Waals surface area contributed by atoms with Crippen molar-refractivity contribution in [3.8, 4) is 5.75 Å². The van der Waals surface area contributed by atoms with Crippen molar-refractivity contribution in [2.24, 2.45) is 0 Å². The molecule has 0 fully saturated rings. The highest BCUT2D eigenvalue weighted by molar-refractivity contribution is 5.40. The van der Waals surface area contributed by atoms with Crippen molar-refractivity contribution in [3.05, 3.63) is 59.4 Å². The molecule has 1 aromatic carbocycles. The molecule has 20 heavy (non-hydrogen) atoms. The van der Waals surface area contributed by atoms with E-state index in [1.807, 2.05) is 18.3 Å². The van der Waals surface area contributed by atoms with Gasteiger partial charge < -0.3 is 10.1 Å². The maximum absolute atomic E-state index is 5.94. The third kappa shape index (κ3) is 3.17. The summed E-state index contributed by atoms with van der Waals surface area (Å²) in [6.07, 6.45) is 4.07. The summed E-state index contributed by atoms with van der Waals surface area (Å²) in [5.74, 6) is 1.05. The van der Waals surface area contributed by atoms with Crippen LogP contribution >= 0.6 is 0 Å². The van der Waals surface area contributed by atoms with Crippen molar-refractivity contribution in [2.45, 2.75) is 25.9 Å². The number of hydrogen-bond acceptors (Lipinski definition) is 3. The minimum absolute atomic E-state index is 0.260. The Morgan fingerprint density at radius 1 is 1.30 bits per heavy atom. The number of ether oxygens (including phenoxy) is 1. The first-order valence-electron chi connectivity index (χ1n) is 7.18. The molecule has 0 bridgehead atoms. The topological polar surface area (TPSA) is 34.2 Å². The molecule has 2 aromatic rings. The van der Waals surface area contributed by atoms with Crippen LogP contribution < -0.4 is 10.1 Å². The zero-order chi connectivity index (χ0) is 13.8. The van der Waals surface area contributed by atoms with Crippen molar-refractivity contribution in [1.29, 1.82) is 0 Å². The van der Waals surface area contributed by atoms with Crippen molar-refractivity contribution < 1.29 is 4.74 Å². The van der Waals surface area contributed by atoms with Crippen molar-refractivity contribution in [3.63, 3.8) is 0 Å². The number of benzene rings is 1. The molecule has 1 N–H and O–H groups in total. The first kappa shape index (κ1) is 13.1. The Labute approximate surface area is 120 Å². The molecule has 3 heteroatoms. The molecule has 0 spiro atoms. The van der Waals surface area contributed by atoms with Crippen LogP contribution in [0, 0.1) is 6.92 Å². The number of fused-ring (bicyclic) bond motifs is 1. The molecule has 1 aliphatic heterocycles. The lowest BCUT2D eigenvalue weighted by Crippen LogP contribution is -2.31. The highest BCUT2D eigenvalue weighted by atomic mass is 16.5. The van der Waals surface area contributed by atoms with Gasteiger partial charge in [-0.15, -0.1) is 0 Å². The highest BCUT2D eigenvalue weighted by Crippen LogP contribution is 2.29. The molecular weight excluding hydrogens is 248 g/mol. The lowest BCUT2D eigenvalue weighted by Gasteiger charge is -2.11. The van der Waals surface area contributed by atoms with E-state index in [0.29, 0.717) is 0 Å². The summed E-state index contributed by atoms with van der Waals surface area (Å²) in [6.45, 7) is 3.95. The smallest absolute Gasteiger partial charge is 0.123 e. The maximum atomic E-state index is 5.94. The predicted molar refractivity (Wildman–Crippen MR) is 80.1 cm³/mol. The number of aryl methyl sites for hydroxylation is 1. The third-order valence-corrected chi connectivity index (χ3v) is 3.61. The maximum Gasteiger partial charge on any atom is 0.123 e. The Bertz CT molecular complexity index is 568. The summed E-state index contributed by atoms with van der Waals surface area (Å²) in [7, 11) is 0. The van der Waals surface area contributed by atoms with Gasteiger partial charge in [0.1, 0.15) is 11.9 Å². The summed E-state index contributed by atoms with van der Waals surface area (Å²) in [4.78, 5) is 4.32. The molecule has 0 amide bonds. The quantitative estimate of drug-likeness (QED) is 0.846. The summed E-state index contributed by atoms with van der Waals surface area (Å²) < 4.78 is 5.94. The van der Waals surface area contributed by atoms with E-state index in [2.05, 4.69) is 41.5 Å². The molecule has 3 rings (SSSR count). The third-order valence-electron chi connectivity index (χ3n) is 3.61. The fourth-order valence-electron chi connectivity index (χ4n) is 2.59. The van der Waals surface area contributed by atoms with Crippen LogP contribution in [-0.2, 0) is 12.8 Å². The molecule has 1 aliphatic rings. The van der Waals surface area contributed by atoms with E-state index in [-0.39, 0.29) is 6.10 Å². The summed E-state index contributed by atoms with van der Waals surface area (Å²) >= 11 is 0. The number of nitrogens with zero attached hydrogens (tertiary/aromatic N) is 1. The minimum atomic E-state index is 0.260. The van der Waals surface area contributed by atoms with Crippen LogP contribution in [0.5, 0.6) is 5.75 Å². The summed E-state index contributed by atoms with van der Waals surface area (Å²) in [5, 5.41) is 3.46. The largest absolute Gasteiger partial charge is 0.488 e. The summed E-state index contributed by atoms with van der Waals surface area (Å²) in [6, 6.07) is 12.5. The van der Waals surface area contributed by atoms with Gasteiger partial charge in [-0.3, -0.25) is 4.98 Å². The number of aromatic nitrogens is 1. The lowest BCUT2D eigenvalue weighted by atomic mass is 10.1. The van der Waals surface area contributed by atoms with E-state index >= 15 is 0 Å². The highest BCUT2D eigenvalue weighted by Gasteiger charge is 2.22. The van der Waals surface area contributed by atoms with Crippen LogP contribution in [0.4, 0.5) is 0 Å². The van der Waals surface area contributed by atoms with E-state index < -0.39 is 0 Å². The molecule has 0 saturated heterocycles. The molecule has 0 radical (unpaired) electrons. The standard InChI is InChI=1S/C17H20N2O/c1-13-5-6-17-14(10-13)11-16(20-17)12-18-9-7-15-4-2-3-8-19-15/h2-6,8,10,16,18H,7,9,11-12H2,1H3. The van der Waals surface area contributed by atoms with Gasteiger partial charge in [0, 0.05) is 37.8 Å². The Morgan fingerprint density at radius 2 is 2.25 bits per heavy atom. The van der Waals surface area contributed by atoms with Gasteiger partial charge in [0.2, 0.25) is 0 Å². The van der Waals surface area contributed by atoms with E-state index in [9.17, 15) is 0 Å². The van der Waals surface area contributed by atoms with Gasteiger partial charge in [-0.25, -0.2) is 0 Å². The zero-order valence-electron chi connectivity index (χ0n) is 11.8. The Kier molecular flexibility index (Phi) is 3.97. The predicted octanol–water partition coefficient (Wildman–Crippen LogP) is 2.53. The second-order valence-corrected chi connectivity index (χ2v) is 5.33. The molecule has 1 atom stereocenters. The number of hydrogen-bond donors (Lipinski definition) is 1. The van der Waals surface area contributed by atoms with Crippen molar-refractivity contribution in [2.75, 3.05) is 13.1 Å². The monoisotopic (exact) mass is 268 g/mol.